The number of hydrogen-bond donors (Lipinski definition) is 2. The summed E-state index contributed by atoms with van der Waals surface area (Å²) in [5.74, 6) is 2.54. The Hall–Kier alpha value is -1.16. The summed E-state index contributed by atoms with van der Waals surface area (Å²) < 4.78 is 0. The van der Waals surface area contributed by atoms with Crippen LogP contribution >= 0.6 is 0 Å². The minimum Gasteiger partial charge on any atom is -0.310 e. The molecule has 0 aliphatic heterocycles. The second-order valence-corrected chi connectivity index (χ2v) is 6.43. The lowest BCUT2D eigenvalue weighted by atomic mass is 9.85. The van der Waals surface area contributed by atoms with Crippen LogP contribution in [0.2, 0.25) is 0 Å². The Bertz CT molecular complexity index is 483. The van der Waals surface area contributed by atoms with Crippen LogP contribution < -0.4 is 10.9 Å². The van der Waals surface area contributed by atoms with Crippen molar-refractivity contribution in [2.75, 3.05) is 6.54 Å². The van der Waals surface area contributed by atoms with E-state index < -0.39 is 0 Å². The van der Waals surface area contributed by atoms with Crippen molar-refractivity contribution < 1.29 is 0 Å². The fraction of sp³-hybridized carbons (Fsp3) is 0.750. The highest BCUT2D eigenvalue weighted by Gasteiger charge is 2.20. The maximum atomic E-state index is 12.1. The largest absolute Gasteiger partial charge is 0.310 e. The predicted molar refractivity (Wildman–Crippen MR) is 83.9 cm³/mol. The van der Waals surface area contributed by atoms with Crippen LogP contribution in [0.5, 0.6) is 0 Å². The molecule has 0 aromatic carbocycles. The molecule has 1 atom stereocenters. The number of H-pyrrole nitrogens is 1. The second-order valence-electron chi connectivity index (χ2n) is 6.43. The van der Waals surface area contributed by atoms with Crippen LogP contribution in [0.4, 0.5) is 0 Å². The summed E-state index contributed by atoms with van der Waals surface area (Å²) in [4.78, 5) is 19.2. The van der Waals surface area contributed by atoms with Gasteiger partial charge in [-0.15, -0.1) is 0 Å². The van der Waals surface area contributed by atoms with Gasteiger partial charge in [0.15, 0.2) is 0 Å². The number of nitrogens with zero attached hydrogens (tertiary/aromatic N) is 1. The van der Waals surface area contributed by atoms with Crippen molar-refractivity contribution >= 4 is 0 Å². The molecular weight excluding hydrogens is 250 g/mol. The smallest absolute Gasteiger partial charge is 0.255 e. The summed E-state index contributed by atoms with van der Waals surface area (Å²) in [5.41, 5.74) is 1.54. The van der Waals surface area contributed by atoms with Crippen LogP contribution in [0.3, 0.4) is 0 Å². The number of aryl methyl sites for hydroxylation is 2. The molecule has 0 radical (unpaired) electrons. The van der Waals surface area contributed by atoms with Gasteiger partial charge < -0.3 is 10.3 Å². The van der Waals surface area contributed by atoms with Gasteiger partial charge in [0.2, 0.25) is 0 Å². The number of aromatic amines is 1. The third-order valence-electron chi connectivity index (χ3n) is 4.07. The van der Waals surface area contributed by atoms with E-state index in [1.807, 2.05) is 20.8 Å². The van der Waals surface area contributed by atoms with Gasteiger partial charge >= 0.3 is 0 Å². The lowest BCUT2D eigenvalue weighted by Crippen LogP contribution is -2.34. The monoisotopic (exact) mass is 279 g/mol. The summed E-state index contributed by atoms with van der Waals surface area (Å²) in [5, 5.41) is 3.50. The molecule has 0 spiro atoms. The number of nitrogens with one attached hydrogen (secondary N) is 2. The van der Waals surface area contributed by atoms with Gasteiger partial charge in [-0.1, -0.05) is 27.7 Å². The van der Waals surface area contributed by atoms with E-state index in [2.05, 4.69) is 43.0 Å². The van der Waals surface area contributed by atoms with E-state index in [-0.39, 0.29) is 11.6 Å². The molecule has 0 saturated carbocycles. The molecule has 1 aromatic heterocycles. The lowest BCUT2D eigenvalue weighted by Gasteiger charge is -2.27. The third-order valence-corrected chi connectivity index (χ3v) is 4.07. The first-order chi connectivity index (χ1) is 9.23. The molecule has 0 aliphatic rings. The molecular formula is C16H29N3O. The van der Waals surface area contributed by atoms with Crippen LogP contribution in [0.25, 0.3) is 0 Å². The maximum Gasteiger partial charge on any atom is 0.255 e. The zero-order valence-corrected chi connectivity index (χ0v) is 13.9. The normalized spacial score (nSPS) is 13.5. The van der Waals surface area contributed by atoms with E-state index in [0.717, 1.165) is 17.8 Å². The van der Waals surface area contributed by atoms with E-state index in [4.69, 9.17) is 0 Å². The zero-order chi connectivity index (χ0) is 15.4. The van der Waals surface area contributed by atoms with E-state index in [1.54, 1.807) is 0 Å². The van der Waals surface area contributed by atoms with Gasteiger partial charge in [0.25, 0.3) is 5.56 Å². The molecule has 1 aromatic rings. The number of hydrogen-bond acceptors (Lipinski definition) is 3. The Kier molecular flexibility index (Phi) is 5.93. The van der Waals surface area contributed by atoms with E-state index in [0.29, 0.717) is 23.6 Å². The van der Waals surface area contributed by atoms with Crippen molar-refractivity contribution in [2.24, 2.45) is 17.8 Å². The highest BCUT2D eigenvalue weighted by atomic mass is 16.1. The quantitative estimate of drug-likeness (QED) is 0.841. The van der Waals surface area contributed by atoms with Crippen molar-refractivity contribution in [3.8, 4) is 0 Å². The Morgan fingerprint density at radius 2 is 1.65 bits per heavy atom. The molecule has 1 rings (SSSR count). The molecule has 0 aliphatic carbocycles. The van der Waals surface area contributed by atoms with Crippen LogP contribution in [-0.4, -0.2) is 16.5 Å². The minimum absolute atomic E-state index is 0.0202. The van der Waals surface area contributed by atoms with Gasteiger partial charge in [-0.2, -0.15) is 0 Å². The zero-order valence-electron chi connectivity index (χ0n) is 13.9. The van der Waals surface area contributed by atoms with E-state index in [9.17, 15) is 4.79 Å². The number of rotatable bonds is 6. The van der Waals surface area contributed by atoms with Crippen molar-refractivity contribution in [2.45, 2.75) is 54.5 Å². The molecule has 0 amide bonds. The third kappa shape index (κ3) is 4.17. The van der Waals surface area contributed by atoms with Gasteiger partial charge in [0, 0.05) is 11.7 Å². The summed E-state index contributed by atoms with van der Waals surface area (Å²) in [6.45, 7) is 15.7. The molecule has 0 fully saturated rings. The molecule has 0 saturated heterocycles. The molecule has 2 N–H and O–H groups in total. The Morgan fingerprint density at radius 1 is 1.10 bits per heavy atom. The van der Waals surface area contributed by atoms with Gasteiger partial charge in [0.1, 0.15) is 5.82 Å². The van der Waals surface area contributed by atoms with E-state index in [1.165, 1.54) is 0 Å². The average molecular weight is 279 g/mol. The standard InChI is InChI=1S/C16H29N3O/c1-9(2)14(10(3)4)8-17-11(5)15-12(6)18-13(7)19-16(15)20/h9-11,14,17H,8H2,1-7H3,(H,18,19,20). The molecule has 1 unspecified atom stereocenters. The van der Waals surface area contributed by atoms with Crippen LogP contribution in [0, 0.1) is 31.6 Å². The fourth-order valence-corrected chi connectivity index (χ4v) is 2.90. The Balaban J connectivity index is 2.82. The summed E-state index contributed by atoms with van der Waals surface area (Å²) in [6.07, 6.45) is 0. The molecule has 4 nitrogen and oxygen atoms in total. The minimum atomic E-state index is -0.0272. The molecule has 4 heteroatoms. The first kappa shape index (κ1) is 16.9. The van der Waals surface area contributed by atoms with Crippen molar-refractivity contribution in [1.82, 2.24) is 15.3 Å². The highest BCUT2D eigenvalue weighted by Crippen LogP contribution is 2.21. The van der Waals surface area contributed by atoms with Gasteiger partial charge in [-0.3, -0.25) is 4.79 Å². The molecule has 0 bridgehead atoms. The molecule has 1 heterocycles. The van der Waals surface area contributed by atoms with Crippen molar-refractivity contribution in [3.63, 3.8) is 0 Å². The van der Waals surface area contributed by atoms with Crippen LogP contribution in [-0.2, 0) is 0 Å². The summed E-state index contributed by atoms with van der Waals surface area (Å²) in [7, 11) is 0. The maximum absolute atomic E-state index is 12.1. The first-order valence-electron chi connectivity index (χ1n) is 7.54. The summed E-state index contributed by atoms with van der Waals surface area (Å²) in [6, 6.07) is 0.0202. The van der Waals surface area contributed by atoms with Gasteiger partial charge in [0.05, 0.1) is 5.56 Å². The van der Waals surface area contributed by atoms with E-state index >= 15 is 0 Å². The topological polar surface area (TPSA) is 57.8 Å². The second kappa shape index (κ2) is 7.02. The molecule has 114 valence electrons. The average Bonchev–Trinajstić information content (AvgIpc) is 2.26. The van der Waals surface area contributed by atoms with Crippen molar-refractivity contribution in [3.05, 3.63) is 27.4 Å². The molecule has 20 heavy (non-hydrogen) atoms. The SMILES string of the molecule is Cc1nc(C)c(C(C)NCC(C(C)C)C(C)C)c(=O)[nH]1. The fourth-order valence-electron chi connectivity index (χ4n) is 2.90. The van der Waals surface area contributed by atoms with Crippen LogP contribution in [0.1, 0.15) is 57.7 Å². The van der Waals surface area contributed by atoms with Crippen molar-refractivity contribution in [1.29, 1.82) is 0 Å². The predicted octanol–water partition coefficient (Wildman–Crippen LogP) is 2.97. The lowest BCUT2D eigenvalue weighted by molar-refractivity contribution is 0.267. The first-order valence-corrected chi connectivity index (χ1v) is 7.54. The Labute approximate surface area is 122 Å². The summed E-state index contributed by atoms with van der Waals surface area (Å²) >= 11 is 0. The highest BCUT2D eigenvalue weighted by molar-refractivity contribution is 5.19. The number of aromatic nitrogens is 2. The Morgan fingerprint density at radius 3 is 2.10 bits per heavy atom. The van der Waals surface area contributed by atoms with Gasteiger partial charge in [-0.05, 0) is 45.1 Å². The van der Waals surface area contributed by atoms with Gasteiger partial charge in [-0.25, -0.2) is 4.98 Å². The van der Waals surface area contributed by atoms with Crippen LogP contribution in [0.15, 0.2) is 4.79 Å².